The highest BCUT2D eigenvalue weighted by Crippen LogP contribution is 2.31. The number of cyclic esters (lactones) is 3. The summed E-state index contributed by atoms with van der Waals surface area (Å²) in [5.41, 5.74) is 11.6. The molecule has 0 spiro atoms. The molecule has 2 aromatic rings. The van der Waals surface area contributed by atoms with Crippen LogP contribution in [0.1, 0.15) is 0 Å². The van der Waals surface area contributed by atoms with Gasteiger partial charge in [0.1, 0.15) is 24.6 Å². The lowest BCUT2D eigenvalue weighted by atomic mass is 10.2. The molecule has 3 atom stereocenters. The minimum Gasteiger partial charge on any atom is -0.487 e. The van der Waals surface area contributed by atoms with Gasteiger partial charge in [0.15, 0.2) is 17.7 Å². The van der Waals surface area contributed by atoms with Crippen molar-refractivity contribution in [1.29, 1.82) is 0 Å². The molecule has 0 unspecified atom stereocenters. The van der Waals surface area contributed by atoms with E-state index in [1.807, 2.05) is 0 Å². The van der Waals surface area contributed by atoms with E-state index in [4.69, 9.17) is 30.4 Å². The van der Waals surface area contributed by atoms with Crippen LogP contribution in [0.25, 0.3) is 0 Å². The predicted molar refractivity (Wildman–Crippen MR) is 129 cm³/mol. The fourth-order valence-corrected chi connectivity index (χ4v) is 4.36. The fraction of sp³-hybridized carbons (Fsp3) is 0.375. The SMILES string of the molecule is NC[C@H]1CN(c2ccc(OC[C@@H]3CN(c4ccc(N5C[C@H](CN)OC5=O)cc4F)C(=O)O3)c(F)c2)C(=O)O1. The molecule has 3 aliphatic rings. The number of nitrogens with zero attached hydrogens (tertiary/aromatic N) is 3. The molecule has 3 saturated heterocycles. The molecular weight excluding hydrogens is 508 g/mol. The molecule has 0 aliphatic carbocycles. The summed E-state index contributed by atoms with van der Waals surface area (Å²) in [7, 11) is 0. The van der Waals surface area contributed by atoms with Gasteiger partial charge in [0.2, 0.25) is 0 Å². The average molecular weight is 533 g/mol. The van der Waals surface area contributed by atoms with Crippen molar-refractivity contribution in [2.24, 2.45) is 11.5 Å². The first-order chi connectivity index (χ1) is 18.3. The molecule has 0 aromatic heterocycles. The maximum absolute atomic E-state index is 14.9. The Morgan fingerprint density at radius 3 is 1.76 bits per heavy atom. The predicted octanol–water partition coefficient (Wildman–Crippen LogP) is 1.94. The van der Waals surface area contributed by atoms with E-state index in [9.17, 15) is 23.2 Å². The minimum absolute atomic E-state index is 0.0457. The lowest BCUT2D eigenvalue weighted by Crippen LogP contribution is -2.29. The molecule has 38 heavy (non-hydrogen) atoms. The van der Waals surface area contributed by atoms with E-state index in [1.165, 1.54) is 34.1 Å². The molecule has 3 aliphatic heterocycles. The van der Waals surface area contributed by atoms with Gasteiger partial charge in [-0.1, -0.05) is 0 Å². The van der Waals surface area contributed by atoms with E-state index in [0.717, 1.165) is 17.0 Å². The van der Waals surface area contributed by atoms with Crippen LogP contribution in [0.5, 0.6) is 5.75 Å². The molecule has 4 N–H and O–H groups in total. The third-order valence-electron chi connectivity index (χ3n) is 6.33. The summed E-state index contributed by atoms with van der Waals surface area (Å²) in [5.74, 6) is -1.59. The van der Waals surface area contributed by atoms with Crippen molar-refractivity contribution >= 4 is 35.3 Å². The Hall–Kier alpha value is -4.17. The molecule has 3 amide bonds. The summed E-state index contributed by atoms with van der Waals surface area (Å²) >= 11 is 0. The van der Waals surface area contributed by atoms with Crippen LogP contribution in [0.3, 0.4) is 0 Å². The topological polar surface area (TPSA) is 150 Å². The first-order valence-electron chi connectivity index (χ1n) is 11.8. The summed E-state index contributed by atoms with van der Waals surface area (Å²) in [6.45, 7) is 0.445. The largest absolute Gasteiger partial charge is 0.487 e. The van der Waals surface area contributed by atoms with Gasteiger partial charge in [0, 0.05) is 19.2 Å². The second-order valence-electron chi connectivity index (χ2n) is 8.88. The number of anilines is 3. The van der Waals surface area contributed by atoms with Crippen molar-refractivity contribution in [3.8, 4) is 5.75 Å². The standard InChI is InChI=1S/C24H25F2N5O7/c25-18-5-13(29-9-15(7-27)36-22(29)32)1-3-20(18)31-11-17(38-24(31)34)12-35-21-4-2-14(6-19(21)26)30-10-16(8-28)37-23(30)33/h1-6,15-17H,7-12,27-28H2/t15-,16-,17-/m0/s1. The van der Waals surface area contributed by atoms with E-state index in [1.54, 1.807) is 0 Å². The Bertz CT molecular complexity index is 1260. The van der Waals surface area contributed by atoms with Crippen LogP contribution in [-0.4, -0.2) is 75.9 Å². The van der Waals surface area contributed by atoms with Gasteiger partial charge in [-0.3, -0.25) is 14.7 Å². The summed E-state index contributed by atoms with van der Waals surface area (Å²) < 4.78 is 50.5. The summed E-state index contributed by atoms with van der Waals surface area (Å²) in [6, 6.07) is 7.93. The van der Waals surface area contributed by atoms with Gasteiger partial charge >= 0.3 is 18.3 Å². The summed E-state index contributed by atoms with van der Waals surface area (Å²) in [5, 5.41) is 0. The molecule has 0 bridgehead atoms. The molecular formula is C24H25F2N5O7. The zero-order chi connectivity index (χ0) is 27.0. The Balaban J connectivity index is 1.20. The number of hydrogen-bond donors (Lipinski definition) is 2. The van der Waals surface area contributed by atoms with Crippen molar-refractivity contribution in [3.63, 3.8) is 0 Å². The number of nitrogens with two attached hydrogens (primary N) is 2. The normalized spacial score (nSPS) is 23.1. The van der Waals surface area contributed by atoms with Crippen molar-refractivity contribution in [2.75, 3.05) is 54.0 Å². The van der Waals surface area contributed by atoms with Crippen molar-refractivity contribution in [3.05, 3.63) is 48.0 Å². The Labute approximate surface area is 215 Å². The number of rotatable bonds is 8. The number of ether oxygens (including phenoxy) is 4. The van der Waals surface area contributed by atoms with Gasteiger partial charge in [0.05, 0.1) is 36.7 Å². The second kappa shape index (κ2) is 10.3. The number of benzene rings is 2. The van der Waals surface area contributed by atoms with E-state index in [2.05, 4.69) is 0 Å². The van der Waals surface area contributed by atoms with E-state index in [0.29, 0.717) is 0 Å². The molecule has 2 aromatic carbocycles. The Kier molecular flexibility index (Phi) is 6.91. The molecule has 3 fully saturated rings. The smallest absolute Gasteiger partial charge is 0.414 e. The molecule has 202 valence electrons. The maximum atomic E-state index is 14.9. The first kappa shape index (κ1) is 25.5. The number of halogens is 2. The van der Waals surface area contributed by atoms with Gasteiger partial charge in [-0.15, -0.1) is 0 Å². The molecule has 14 heteroatoms. The van der Waals surface area contributed by atoms with E-state index in [-0.39, 0.29) is 62.1 Å². The zero-order valence-electron chi connectivity index (χ0n) is 20.0. The molecule has 5 rings (SSSR count). The third-order valence-corrected chi connectivity index (χ3v) is 6.33. The number of amides is 3. The summed E-state index contributed by atoms with van der Waals surface area (Å²) in [4.78, 5) is 40.0. The van der Waals surface area contributed by atoms with E-state index < -0.39 is 48.2 Å². The van der Waals surface area contributed by atoms with Crippen LogP contribution in [0, 0.1) is 11.6 Å². The highest BCUT2D eigenvalue weighted by molar-refractivity contribution is 5.93. The van der Waals surface area contributed by atoms with Gasteiger partial charge in [0.25, 0.3) is 0 Å². The maximum Gasteiger partial charge on any atom is 0.414 e. The van der Waals surface area contributed by atoms with Crippen LogP contribution >= 0.6 is 0 Å². The van der Waals surface area contributed by atoms with Crippen LogP contribution in [-0.2, 0) is 14.2 Å². The van der Waals surface area contributed by atoms with Crippen LogP contribution < -0.4 is 30.9 Å². The van der Waals surface area contributed by atoms with Gasteiger partial charge in [-0.05, 0) is 30.3 Å². The van der Waals surface area contributed by atoms with Crippen LogP contribution in [0.15, 0.2) is 36.4 Å². The average Bonchev–Trinajstić information content (AvgIpc) is 3.59. The minimum atomic E-state index is -0.807. The number of carbonyl (C=O) groups excluding carboxylic acids is 3. The van der Waals surface area contributed by atoms with Crippen molar-refractivity contribution in [2.45, 2.75) is 18.3 Å². The lowest BCUT2D eigenvalue weighted by Gasteiger charge is -2.18. The molecule has 3 heterocycles. The highest BCUT2D eigenvalue weighted by Gasteiger charge is 2.36. The van der Waals surface area contributed by atoms with Crippen LogP contribution in [0.4, 0.5) is 40.2 Å². The monoisotopic (exact) mass is 533 g/mol. The highest BCUT2D eigenvalue weighted by atomic mass is 19.1. The van der Waals surface area contributed by atoms with Crippen molar-refractivity contribution < 1.29 is 42.1 Å². The van der Waals surface area contributed by atoms with E-state index >= 15 is 0 Å². The summed E-state index contributed by atoms with van der Waals surface area (Å²) in [6.07, 6.45) is -3.81. The van der Waals surface area contributed by atoms with Gasteiger partial charge in [-0.25, -0.2) is 23.2 Å². The molecule has 12 nitrogen and oxygen atoms in total. The zero-order valence-corrected chi connectivity index (χ0v) is 20.0. The van der Waals surface area contributed by atoms with Crippen molar-refractivity contribution in [1.82, 2.24) is 0 Å². The first-order valence-corrected chi connectivity index (χ1v) is 11.8. The molecule has 0 radical (unpaired) electrons. The molecule has 0 saturated carbocycles. The van der Waals surface area contributed by atoms with Gasteiger partial charge < -0.3 is 30.4 Å². The number of hydrogen-bond acceptors (Lipinski definition) is 9. The fourth-order valence-electron chi connectivity index (χ4n) is 4.36. The Morgan fingerprint density at radius 1 is 0.737 bits per heavy atom. The lowest BCUT2D eigenvalue weighted by molar-refractivity contribution is 0.103. The van der Waals surface area contributed by atoms with Gasteiger partial charge in [-0.2, -0.15) is 0 Å². The number of carbonyl (C=O) groups is 3. The third kappa shape index (κ3) is 4.87. The second-order valence-corrected chi connectivity index (χ2v) is 8.88. The van der Waals surface area contributed by atoms with Crippen LogP contribution in [0.2, 0.25) is 0 Å². The Morgan fingerprint density at radius 2 is 1.24 bits per heavy atom. The quantitative estimate of drug-likeness (QED) is 0.485.